The number of hydroxylamine groups is 1. The summed E-state index contributed by atoms with van der Waals surface area (Å²) >= 11 is 0. The van der Waals surface area contributed by atoms with E-state index >= 15 is 0 Å². The average Bonchev–Trinajstić information content (AvgIpc) is 2.04. The van der Waals surface area contributed by atoms with Crippen LogP contribution in [0.2, 0.25) is 0 Å². The number of hydrogen-bond acceptors (Lipinski definition) is 3. The Bertz CT molecular complexity index is 298. The standard InChI is InChI=1S/C8H9NO3/c1-6(10)9(12)7-4-2-3-5-8(7)11/h2-5,11-12H,1H3. The Balaban J connectivity index is 3.02. The number of nitrogens with zero attached hydrogens (tertiary/aromatic N) is 1. The van der Waals surface area contributed by atoms with Gasteiger partial charge >= 0.3 is 0 Å². The first kappa shape index (κ1) is 8.55. The fourth-order valence-electron chi connectivity index (χ4n) is 0.813. The lowest BCUT2D eigenvalue weighted by Crippen LogP contribution is -2.23. The number of amides is 1. The Morgan fingerprint density at radius 3 is 2.50 bits per heavy atom. The Labute approximate surface area is 69.6 Å². The first-order valence-electron chi connectivity index (χ1n) is 3.40. The molecule has 2 N–H and O–H groups in total. The van der Waals surface area contributed by atoms with E-state index in [0.717, 1.165) is 0 Å². The van der Waals surface area contributed by atoms with E-state index in [1.165, 1.54) is 19.1 Å². The van der Waals surface area contributed by atoms with Crippen LogP contribution in [0.5, 0.6) is 5.75 Å². The van der Waals surface area contributed by atoms with E-state index in [1.54, 1.807) is 12.1 Å². The monoisotopic (exact) mass is 167 g/mol. The van der Waals surface area contributed by atoms with Crippen LogP contribution < -0.4 is 5.06 Å². The van der Waals surface area contributed by atoms with Gasteiger partial charge in [0.2, 0.25) is 5.91 Å². The molecule has 0 unspecified atom stereocenters. The van der Waals surface area contributed by atoms with Crippen molar-refractivity contribution in [1.82, 2.24) is 0 Å². The van der Waals surface area contributed by atoms with E-state index in [4.69, 9.17) is 5.21 Å². The number of benzene rings is 1. The van der Waals surface area contributed by atoms with Crippen LogP contribution in [-0.4, -0.2) is 16.2 Å². The molecule has 0 aliphatic rings. The topological polar surface area (TPSA) is 60.8 Å². The first-order valence-corrected chi connectivity index (χ1v) is 3.40. The van der Waals surface area contributed by atoms with Gasteiger partial charge in [-0.2, -0.15) is 5.06 Å². The molecule has 0 aliphatic heterocycles. The molecule has 0 heterocycles. The van der Waals surface area contributed by atoms with Gasteiger partial charge in [-0.15, -0.1) is 0 Å². The van der Waals surface area contributed by atoms with Crippen LogP contribution in [0.4, 0.5) is 5.69 Å². The molecule has 0 saturated carbocycles. The lowest BCUT2D eigenvalue weighted by Gasteiger charge is -2.12. The maximum atomic E-state index is 10.7. The molecule has 4 nitrogen and oxygen atoms in total. The summed E-state index contributed by atoms with van der Waals surface area (Å²) in [6, 6.07) is 6.05. The Hall–Kier alpha value is -1.55. The van der Waals surface area contributed by atoms with Crippen LogP contribution >= 0.6 is 0 Å². The number of carbonyl (C=O) groups excluding carboxylic acids is 1. The normalized spacial score (nSPS) is 9.50. The average molecular weight is 167 g/mol. The molecule has 64 valence electrons. The minimum atomic E-state index is -0.545. The number of phenols is 1. The van der Waals surface area contributed by atoms with E-state index in [1.807, 2.05) is 0 Å². The summed E-state index contributed by atoms with van der Waals surface area (Å²) in [5, 5.41) is 18.7. The van der Waals surface area contributed by atoms with E-state index in [0.29, 0.717) is 5.06 Å². The van der Waals surface area contributed by atoms with Gasteiger partial charge in [0.25, 0.3) is 0 Å². The van der Waals surface area contributed by atoms with Gasteiger partial charge in [-0.1, -0.05) is 12.1 Å². The Morgan fingerprint density at radius 1 is 1.42 bits per heavy atom. The second-order valence-corrected chi connectivity index (χ2v) is 2.32. The van der Waals surface area contributed by atoms with Gasteiger partial charge in [0.05, 0.1) is 0 Å². The summed E-state index contributed by atoms with van der Waals surface area (Å²) in [6.07, 6.45) is 0. The molecule has 0 radical (unpaired) electrons. The fraction of sp³-hybridized carbons (Fsp3) is 0.125. The molecule has 0 saturated heterocycles. The van der Waals surface area contributed by atoms with Crippen LogP contribution in [-0.2, 0) is 4.79 Å². The zero-order valence-electron chi connectivity index (χ0n) is 6.56. The van der Waals surface area contributed by atoms with Crippen molar-refractivity contribution in [3.63, 3.8) is 0 Å². The summed E-state index contributed by atoms with van der Waals surface area (Å²) < 4.78 is 0. The van der Waals surface area contributed by atoms with Crippen LogP contribution in [0.3, 0.4) is 0 Å². The third kappa shape index (κ3) is 1.54. The van der Waals surface area contributed by atoms with Gasteiger partial charge in [0, 0.05) is 6.92 Å². The predicted octanol–water partition coefficient (Wildman–Crippen LogP) is 1.13. The number of rotatable bonds is 1. The number of hydrogen-bond donors (Lipinski definition) is 2. The quantitative estimate of drug-likeness (QED) is 0.487. The van der Waals surface area contributed by atoms with Crippen molar-refractivity contribution in [3.05, 3.63) is 24.3 Å². The minimum Gasteiger partial charge on any atom is -0.506 e. The molecule has 0 atom stereocenters. The number of carbonyl (C=O) groups is 1. The maximum absolute atomic E-state index is 10.7. The van der Waals surface area contributed by atoms with Gasteiger partial charge in [0.15, 0.2) is 0 Å². The van der Waals surface area contributed by atoms with Crippen LogP contribution in [0, 0.1) is 0 Å². The zero-order chi connectivity index (χ0) is 9.14. The van der Waals surface area contributed by atoms with E-state index < -0.39 is 5.91 Å². The highest BCUT2D eigenvalue weighted by atomic mass is 16.5. The molecule has 12 heavy (non-hydrogen) atoms. The van der Waals surface area contributed by atoms with E-state index in [2.05, 4.69) is 0 Å². The van der Waals surface area contributed by atoms with Crippen molar-refractivity contribution in [2.75, 3.05) is 5.06 Å². The van der Waals surface area contributed by atoms with Gasteiger partial charge in [-0.05, 0) is 12.1 Å². The highest BCUT2D eigenvalue weighted by Gasteiger charge is 2.10. The van der Waals surface area contributed by atoms with Gasteiger partial charge in [-0.3, -0.25) is 10.0 Å². The summed E-state index contributed by atoms with van der Waals surface area (Å²) in [5.74, 6) is -0.674. The molecular formula is C8H9NO3. The molecule has 0 bridgehead atoms. The van der Waals surface area contributed by atoms with Crippen LogP contribution in [0.1, 0.15) is 6.92 Å². The zero-order valence-corrected chi connectivity index (χ0v) is 6.56. The predicted molar refractivity (Wildman–Crippen MR) is 43.1 cm³/mol. The van der Waals surface area contributed by atoms with Gasteiger partial charge < -0.3 is 5.11 Å². The van der Waals surface area contributed by atoms with Crippen molar-refractivity contribution in [1.29, 1.82) is 0 Å². The van der Waals surface area contributed by atoms with Crippen LogP contribution in [0.15, 0.2) is 24.3 Å². The second-order valence-electron chi connectivity index (χ2n) is 2.32. The first-order chi connectivity index (χ1) is 5.63. The number of para-hydroxylation sites is 2. The van der Waals surface area contributed by atoms with Gasteiger partial charge in [0.1, 0.15) is 11.4 Å². The molecule has 1 amide bonds. The van der Waals surface area contributed by atoms with Crippen molar-refractivity contribution in [2.24, 2.45) is 0 Å². The van der Waals surface area contributed by atoms with Gasteiger partial charge in [-0.25, -0.2) is 0 Å². The Morgan fingerprint density at radius 2 is 2.00 bits per heavy atom. The maximum Gasteiger partial charge on any atom is 0.247 e. The van der Waals surface area contributed by atoms with Crippen molar-refractivity contribution >= 4 is 11.6 Å². The Kier molecular flexibility index (Phi) is 2.30. The van der Waals surface area contributed by atoms with Crippen molar-refractivity contribution in [2.45, 2.75) is 6.92 Å². The highest BCUT2D eigenvalue weighted by molar-refractivity contribution is 5.90. The minimum absolute atomic E-state index is 0.0880. The molecule has 0 aromatic heterocycles. The molecule has 1 rings (SSSR count). The molecule has 0 fully saturated rings. The number of phenolic OH excluding ortho intramolecular Hbond substituents is 1. The number of aromatic hydroxyl groups is 1. The molecular weight excluding hydrogens is 158 g/mol. The summed E-state index contributed by atoms with van der Waals surface area (Å²) in [5.41, 5.74) is 0.0880. The van der Waals surface area contributed by atoms with Crippen molar-refractivity contribution in [3.8, 4) is 5.75 Å². The molecule has 0 spiro atoms. The summed E-state index contributed by atoms with van der Waals surface area (Å²) in [6.45, 7) is 1.20. The molecule has 1 aromatic rings. The fourth-order valence-corrected chi connectivity index (χ4v) is 0.813. The third-order valence-corrected chi connectivity index (χ3v) is 1.41. The van der Waals surface area contributed by atoms with Crippen LogP contribution in [0.25, 0.3) is 0 Å². The molecule has 0 aliphatic carbocycles. The van der Waals surface area contributed by atoms with E-state index in [-0.39, 0.29) is 11.4 Å². The third-order valence-electron chi connectivity index (χ3n) is 1.41. The lowest BCUT2D eigenvalue weighted by molar-refractivity contribution is -0.121. The summed E-state index contributed by atoms with van der Waals surface area (Å²) in [7, 11) is 0. The molecule has 4 heteroatoms. The highest BCUT2D eigenvalue weighted by Crippen LogP contribution is 2.24. The summed E-state index contributed by atoms with van der Waals surface area (Å²) in [4.78, 5) is 10.7. The second kappa shape index (κ2) is 3.23. The number of anilines is 1. The SMILES string of the molecule is CC(=O)N(O)c1ccccc1O. The largest absolute Gasteiger partial charge is 0.506 e. The smallest absolute Gasteiger partial charge is 0.247 e. The van der Waals surface area contributed by atoms with E-state index in [9.17, 15) is 9.90 Å². The molecule has 1 aromatic carbocycles. The van der Waals surface area contributed by atoms with Crippen molar-refractivity contribution < 1.29 is 15.1 Å². The lowest BCUT2D eigenvalue weighted by atomic mass is 10.3.